The number of para-hydroxylation sites is 1. The first-order chi connectivity index (χ1) is 9.02. The van der Waals surface area contributed by atoms with E-state index in [1.54, 1.807) is 36.7 Å². The minimum absolute atomic E-state index is 0.0400. The quantitative estimate of drug-likeness (QED) is 0.804. The molecule has 0 aliphatic heterocycles. The van der Waals surface area contributed by atoms with Gasteiger partial charge in [0.15, 0.2) is 11.6 Å². The summed E-state index contributed by atoms with van der Waals surface area (Å²) in [5, 5.41) is 0. The molecular formula is C14H20FNO2S. The lowest BCUT2D eigenvalue weighted by Crippen LogP contribution is -2.36. The third kappa shape index (κ3) is 3.86. The number of ether oxygens (including phenoxy) is 1. The molecule has 0 radical (unpaired) electrons. The molecule has 0 bridgehead atoms. The number of hydrogen-bond acceptors (Lipinski definition) is 3. The van der Waals surface area contributed by atoms with E-state index in [9.17, 15) is 9.18 Å². The van der Waals surface area contributed by atoms with Crippen molar-refractivity contribution in [3.05, 3.63) is 29.6 Å². The highest BCUT2D eigenvalue weighted by Crippen LogP contribution is 2.24. The van der Waals surface area contributed by atoms with Gasteiger partial charge in [0.25, 0.3) is 5.91 Å². The third-order valence-electron chi connectivity index (χ3n) is 2.88. The third-order valence-corrected chi connectivity index (χ3v) is 3.69. The van der Waals surface area contributed by atoms with Gasteiger partial charge in [0.1, 0.15) is 0 Å². The van der Waals surface area contributed by atoms with E-state index >= 15 is 0 Å². The molecule has 0 heterocycles. The molecule has 1 amide bonds. The van der Waals surface area contributed by atoms with Crippen LogP contribution >= 0.6 is 11.8 Å². The van der Waals surface area contributed by atoms with Crippen LogP contribution in [0.5, 0.6) is 5.75 Å². The first-order valence-corrected chi connectivity index (χ1v) is 7.59. The van der Waals surface area contributed by atoms with Crippen LogP contribution in [-0.4, -0.2) is 42.5 Å². The summed E-state index contributed by atoms with van der Waals surface area (Å²) in [4.78, 5) is 14.0. The van der Waals surface area contributed by atoms with Crippen LogP contribution in [-0.2, 0) is 0 Å². The smallest absolute Gasteiger partial charge is 0.257 e. The lowest BCUT2D eigenvalue weighted by molar-refractivity contribution is 0.0752. The highest BCUT2D eigenvalue weighted by atomic mass is 32.2. The van der Waals surface area contributed by atoms with Gasteiger partial charge in [-0.3, -0.25) is 4.79 Å². The number of hydrogen-bond donors (Lipinski definition) is 0. The number of nitrogens with zero attached hydrogens (tertiary/aromatic N) is 1. The average molecular weight is 285 g/mol. The minimum atomic E-state index is -0.501. The van der Waals surface area contributed by atoms with E-state index in [1.165, 1.54) is 12.1 Å². The van der Waals surface area contributed by atoms with Crippen LogP contribution in [0.1, 0.15) is 24.2 Å². The summed E-state index contributed by atoms with van der Waals surface area (Å²) in [7, 11) is 1.73. The fourth-order valence-corrected chi connectivity index (χ4v) is 2.42. The second-order valence-electron chi connectivity index (χ2n) is 4.27. The molecule has 0 saturated carbocycles. The predicted molar refractivity (Wildman–Crippen MR) is 77.5 cm³/mol. The minimum Gasteiger partial charge on any atom is -0.490 e. The molecule has 0 aromatic heterocycles. The lowest BCUT2D eigenvalue weighted by Gasteiger charge is -2.25. The van der Waals surface area contributed by atoms with Crippen molar-refractivity contribution in [2.24, 2.45) is 0 Å². The van der Waals surface area contributed by atoms with Crippen molar-refractivity contribution in [3.63, 3.8) is 0 Å². The Balaban J connectivity index is 3.02. The maximum Gasteiger partial charge on any atom is 0.257 e. The molecular weight excluding hydrogens is 265 g/mol. The first kappa shape index (κ1) is 15.8. The number of halogens is 1. The molecule has 1 atom stereocenters. The van der Waals surface area contributed by atoms with Gasteiger partial charge in [-0.05, 0) is 32.2 Å². The summed E-state index contributed by atoms with van der Waals surface area (Å²) in [6, 6.07) is 4.50. The molecule has 0 N–H and O–H groups in total. The normalized spacial score (nSPS) is 12.1. The Morgan fingerprint density at radius 1 is 1.53 bits per heavy atom. The molecule has 106 valence electrons. The Bertz CT molecular complexity index is 439. The number of benzene rings is 1. The second-order valence-corrected chi connectivity index (χ2v) is 5.18. The van der Waals surface area contributed by atoms with Gasteiger partial charge >= 0.3 is 0 Å². The monoisotopic (exact) mass is 285 g/mol. The van der Waals surface area contributed by atoms with Crippen molar-refractivity contribution < 1.29 is 13.9 Å². The van der Waals surface area contributed by atoms with E-state index in [0.717, 1.165) is 5.75 Å². The molecule has 5 heteroatoms. The summed E-state index contributed by atoms with van der Waals surface area (Å²) in [5.41, 5.74) is 0.275. The maximum atomic E-state index is 13.7. The number of carbonyl (C=O) groups excluding carboxylic acids is 1. The summed E-state index contributed by atoms with van der Waals surface area (Å²) in [6.07, 6.45) is 1.99. The van der Waals surface area contributed by atoms with Crippen LogP contribution in [0.2, 0.25) is 0 Å². The van der Waals surface area contributed by atoms with Gasteiger partial charge in [-0.1, -0.05) is 6.07 Å². The van der Waals surface area contributed by atoms with Crippen molar-refractivity contribution in [2.75, 3.05) is 25.7 Å². The Morgan fingerprint density at radius 3 is 2.79 bits per heavy atom. The van der Waals surface area contributed by atoms with E-state index < -0.39 is 5.82 Å². The molecule has 1 aromatic carbocycles. The van der Waals surface area contributed by atoms with Crippen LogP contribution in [0.3, 0.4) is 0 Å². The average Bonchev–Trinajstić information content (AvgIpc) is 2.40. The van der Waals surface area contributed by atoms with E-state index in [1.807, 2.05) is 13.2 Å². The topological polar surface area (TPSA) is 29.5 Å². The second kappa shape index (κ2) is 7.38. The van der Waals surface area contributed by atoms with Crippen molar-refractivity contribution in [1.29, 1.82) is 0 Å². The zero-order valence-corrected chi connectivity index (χ0v) is 12.6. The summed E-state index contributed by atoms with van der Waals surface area (Å²) in [6.45, 7) is 4.06. The van der Waals surface area contributed by atoms with Crippen molar-refractivity contribution in [2.45, 2.75) is 19.9 Å². The van der Waals surface area contributed by atoms with Crippen LogP contribution < -0.4 is 4.74 Å². The summed E-state index contributed by atoms with van der Waals surface area (Å²) >= 11 is 1.67. The van der Waals surface area contributed by atoms with Gasteiger partial charge in [-0.25, -0.2) is 4.39 Å². The fourth-order valence-electron chi connectivity index (χ4n) is 1.71. The molecule has 3 nitrogen and oxygen atoms in total. The highest BCUT2D eigenvalue weighted by molar-refractivity contribution is 7.98. The van der Waals surface area contributed by atoms with E-state index in [-0.39, 0.29) is 23.3 Å². The number of amides is 1. The van der Waals surface area contributed by atoms with E-state index in [4.69, 9.17) is 4.74 Å². The number of rotatable bonds is 6. The molecule has 19 heavy (non-hydrogen) atoms. The Kier molecular flexibility index (Phi) is 6.15. The number of thioether (sulfide) groups is 1. The van der Waals surface area contributed by atoms with Gasteiger partial charge in [-0.15, -0.1) is 0 Å². The zero-order valence-electron chi connectivity index (χ0n) is 11.8. The standard InChI is InChI=1S/C14H20FNO2S/c1-5-18-13-11(7-6-8-12(13)15)14(17)16(3)10(2)9-19-4/h6-8,10H,5,9H2,1-4H3. The van der Waals surface area contributed by atoms with Gasteiger partial charge < -0.3 is 9.64 Å². The van der Waals surface area contributed by atoms with Crippen molar-refractivity contribution >= 4 is 17.7 Å². The van der Waals surface area contributed by atoms with E-state index in [0.29, 0.717) is 6.61 Å². The Morgan fingerprint density at radius 2 is 2.21 bits per heavy atom. The van der Waals surface area contributed by atoms with Gasteiger partial charge in [0, 0.05) is 18.8 Å². The molecule has 1 rings (SSSR count). The molecule has 0 spiro atoms. The molecule has 0 aliphatic rings. The first-order valence-electron chi connectivity index (χ1n) is 6.20. The largest absolute Gasteiger partial charge is 0.490 e. The number of carbonyl (C=O) groups is 1. The van der Waals surface area contributed by atoms with Gasteiger partial charge in [-0.2, -0.15) is 11.8 Å². The summed E-state index contributed by atoms with van der Waals surface area (Å²) < 4.78 is 19.0. The fraction of sp³-hybridized carbons (Fsp3) is 0.500. The molecule has 1 unspecified atom stereocenters. The maximum absolute atomic E-state index is 13.7. The molecule has 0 aliphatic carbocycles. The van der Waals surface area contributed by atoms with Crippen LogP contribution in [0, 0.1) is 5.82 Å². The van der Waals surface area contributed by atoms with Crippen molar-refractivity contribution in [3.8, 4) is 5.75 Å². The van der Waals surface area contributed by atoms with Crippen LogP contribution in [0.25, 0.3) is 0 Å². The SMILES string of the molecule is CCOc1c(F)cccc1C(=O)N(C)C(C)CSC. The predicted octanol–water partition coefficient (Wildman–Crippen LogP) is 3.05. The van der Waals surface area contributed by atoms with E-state index in [2.05, 4.69) is 0 Å². The Labute approximate surface area is 118 Å². The lowest BCUT2D eigenvalue weighted by atomic mass is 10.1. The molecule has 1 aromatic rings. The Hall–Kier alpha value is -1.23. The van der Waals surface area contributed by atoms with Crippen LogP contribution in [0.4, 0.5) is 4.39 Å². The van der Waals surface area contributed by atoms with Gasteiger partial charge in [0.2, 0.25) is 0 Å². The highest BCUT2D eigenvalue weighted by Gasteiger charge is 2.22. The molecule has 0 saturated heterocycles. The van der Waals surface area contributed by atoms with Crippen molar-refractivity contribution in [1.82, 2.24) is 4.90 Å². The molecule has 0 fully saturated rings. The van der Waals surface area contributed by atoms with Gasteiger partial charge in [0.05, 0.1) is 12.2 Å². The summed E-state index contributed by atoms with van der Waals surface area (Å²) in [5.74, 6) is 0.156. The zero-order chi connectivity index (χ0) is 14.4. The van der Waals surface area contributed by atoms with Crippen LogP contribution in [0.15, 0.2) is 18.2 Å².